The SMILES string of the molecule is COc1cccc([C@H]2OC(c3ccccc3)(c3ccccc3)N[C@@H]2C(=O)OC(C)(C)C)c1. The summed E-state index contributed by atoms with van der Waals surface area (Å²) in [5.41, 5.74) is 1.01. The number of nitrogens with one attached hydrogen (secondary N) is 1. The Kier molecular flexibility index (Phi) is 6.04. The van der Waals surface area contributed by atoms with Crippen LogP contribution in [0.25, 0.3) is 0 Å². The van der Waals surface area contributed by atoms with E-state index in [4.69, 9.17) is 14.2 Å². The Morgan fingerprint density at radius 1 is 0.906 bits per heavy atom. The predicted octanol–water partition coefficient (Wildman–Crippen LogP) is 4.97. The van der Waals surface area contributed by atoms with Crippen molar-refractivity contribution in [3.63, 3.8) is 0 Å². The van der Waals surface area contributed by atoms with Crippen LogP contribution in [0, 0.1) is 0 Å². The van der Waals surface area contributed by atoms with Crippen molar-refractivity contribution in [2.24, 2.45) is 0 Å². The monoisotopic (exact) mass is 431 g/mol. The molecular formula is C27H29NO4. The van der Waals surface area contributed by atoms with Crippen LogP contribution in [0.5, 0.6) is 5.75 Å². The molecule has 1 aliphatic rings. The molecule has 0 amide bonds. The number of rotatable bonds is 5. The Morgan fingerprint density at radius 3 is 2.03 bits per heavy atom. The maximum Gasteiger partial charge on any atom is 0.326 e. The van der Waals surface area contributed by atoms with E-state index in [1.165, 1.54) is 0 Å². The van der Waals surface area contributed by atoms with Gasteiger partial charge in [0.15, 0.2) is 5.72 Å². The molecule has 0 aliphatic carbocycles. The standard InChI is InChI=1S/C27H29NO4/c1-26(2,3)32-25(29)23-24(19-12-11-17-22(18-19)30-4)31-27(28-23,20-13-7-5-8-14-20)21-15-9-6-10-16-21/h5-18,23-24,28H,1-4H3/t23-,24+/m0/s1. The number of hydrogen-bond donors (Lipinski definition) is 1. The number of benzene rings is 3. The summed E-state index contributed by atoms with van der Waals surface area (Å²) in [4.78, 5) is 13.4. The summed E-state index contributed by atoms with van der Waals surface area (Å²) in [5.74, 6) is 0.338. The number of hydrogen-bond acceptors (Lipinski definition) is 5. The van der Waals surface area contributed by atoms with E-state index in [9.17, 15) is 4.79 Å². The largest absolute Gasteiger partial charge is 0.497 e. The van der Waals surface area contributed by atoms with Crippen molar-refractivity contribution < 1.29 is 19.0 Å². The molecule has 1 saturated heterocycles. The van der Waals surface area contributed by atoms with Crippen LogP contribution in [-0.4, -0.2) is 24.7 Å². The van der Waals surface area contributed by atoms with Crippen LogP contribution >= 0.6 is 0 Å². The number of carbonyl (C=O) groups is 1. The first-order valence-corrected chi connectivity index (χ1v) is 10.8. The molecule has 2 atom stereocenters. The van der Waals surface area contributed by atoms with E-state index in [-0.39, 0.29) is 5.97 Å². The van der Waals surface area contributed by atoms with Gasteiger partial charge in [-0.05, 0) is 38.5 Å². The van der Waals surface area contributed by atoms with E-state index in [1.807, 2.05) is 106 Å². The van der Waals surface area contributed by atoms with E-state index >= 15 is 0 Å². The Hall–Kier alpha value is -3.15. The van der Waals surface area contributed by atoms with E-state index in [1.54, 1.807) is 7.11 Å². The van der Waals surface area contributed by atoms with Gasteiger partial charge in [-0.15, -0.1) is 0 Å². The minimum Gasteiger partial charge on any atom is -0.497 e. The number of carbonyl (C=O) groups excluding carboxylic acids is 1. The lowest BCUT2D eigenvalue weighted by Crippen LogP contribution is -2.47. The van der Waals surface area contributed by atoms with Crippen molar-refractivity contribution in [1.82, 2.24) is 5.32 Å². The molecule has 1 heterocycles. The second-order valence-electron chi connectivity index (χ2n) is 8.88. The summed E-state index contributed by atoms with van der Waals surface area (Å²) < 4.78 is 18.0. The van der Waals surface area contributed by atoms with Gasteiger partial charge in [-0.3, -0.25) is 10.1 Å². The minimum atomic E-state index is -1.02. The smallest absolute Gasteiger partial charge is 0.326 e. The normalized spacial score (nSPS) is 20.0. The van der Waals surface area contributed by atoms with Crippen LogP contribution in [0.1, 0.15) is 43.6 Å². The lowest BCUT2D eigenvalue weighted by atomic mass is 9.94. The van der Waals surface area contributed by atoms with Crippen LogP contribution in [0.15, 0.2) is 84.9 Å². The maximum absolute atomic E-state index is 13.4. The van der Waals surface area contributed by atoms with E-state index in [2.05, 4.69) is 5.32 Å². The second-order valence-corrected chi connectivity index (χ2v) is 8.88. The van der Waals surface area contributed by atoms with Gasteiger partial charge in [-0.1, -0.05) is 72.8 Å². The van der Waals surface area contributed by atoms with Crippen LogP contribution in [0.2, 0.25) is 0 Å². The highest BCUT2D eigenvalue weighted by atomic mass is 16.6. The third-order valence-corrected chi connectivity index (χ3v) is 5.41. The molecule has 4 rings (SSSR count). The lowest BCUT2D eigenvalue weighted by molar-refractivity contribution is -0.158. The van der Waals surface area contributed by atoms with Crippen LogP contribution in [0.4, 0.5) is 0 Å². The highest BCUT2D eigenvalue weighted by Gasteiger charge is 2.52. The fraction of sp³-hybridized carbons (Fsp3) is 0.296. The van der Waals surface area contributed by atoms with E-state index in [0.29, 0.717) is 5.75 Å². The molecule has 166 valence electrons. The van der Waals surface area contributed by atoms with Crippen molar-refractivity contribution in [3.05, 3.63) is 102 Å². The molecule has 3 aromatic carbocycles. The van der Waals surface area contributed by atoms with Crippen molar-refractivity contribution in [3.8, 4) is 5.75 Å². The van der Waals surface area contributed by atoms with Gasteiger partial charge in [-0.2, -0.15) is 0 Å². The molecule has 1 fully saturated rings. The quantitative estimate of drug-likeness (QED) is 0.578. The first-order chi connectivity index (χ1) is 15.3. The van der Waals surface area contributed by atoms with Gasteiger partial charge in [0.25, 0.3) is 0 Å². The average Bonchev–Trinajstić information content (AvgIpc) is 3.22. The molecule has 0 saturated carbocycles. The summed E-state index contributed by atoms with van der Waals surface area (Å²) >= 11 is 0. The Labute approximate surface area is 189 Å². The van der Waals surface area contributed by atoms with Gasteiger partial charge >= 0.3 is 5.97 Å². The third-order valence-electron chi connectivity index (χ3n) is 5.41. The van der Waals surface area contributed by atoms with Gasteiger partial charge in [0.05, 0.1) is 7.11 Å². The van der Waals surface area contributed by atoms with E-state index < -0.39 is 23.5 Å². The molecule has 0 radical (unpaired) electrons. The minimum absolute atomic E-state index is 0.362. The average molecular weight is 432 g/mol. The number of esters is 1. The summed E-state index contributed by atoms with van der Waals surface area (Å²) in [5, 5.41) is 3.51. The molecule has 32 heavy (non-hydrogen) atoms. The molecule has 1 aliphatic heterocycles. The summed E-state index contributed by atoms with van der Waals surface area (Å²) in [7, 11) is 1.62. The zero-order chi connectivity index (χ0) is 22.8. The van der Waals surface area contributed by atoms with Crippen LogP contribution in [-0.2, 0) is 20.0 Å². The first kappa shape index (κ1) is 22.1. The zero-order valence-electron chi connectivity index (χ0n) is 18.9. The Bertz CT molecular complexity index is 1020. The third kappa shape index (κ3) is 4.40. The summed E-state index contributed by atoms with van der Waals surface area (Å²) in [6, 6.07) is 26.7. The summed E-state index contributed by atoms with van der Waals surface area (Å²) in [6.07, 6.45) is -0.583. The fourth-order valence-electron chi connectivity index (χ4n) is 4.03. The van der Waals surface area contributed by atoms with Crippen molar-refractivity contribution in [1.29, 1.82) is 0 Å². The predicted molar refractivity (Wildman–Crippen MR) is 123 cm³/mol. The Morgan fingerprint density at radius 2 is 1.50 bits per heavy atom. The van der Waals surface area contributed by atoms with Gasteiger partial charge in [0.1, 0.15) is 23.5 Å². The molecule has 0 aromatic heterocycles. The topological polar surface area (TPSA) is 56.8 Å². The molecule has 5 nitrogen and oxygen atoms in total. The molecule has 0 unspecified atom stereocenters. The van der Waals surface area contributed by atoms with Gasteiger partial charge in [-0.25, -0.2) is 0 Å². The first-order valence-electron chi connectivity index (χ1n) is 10.8. The van der Waals surface area contributed by atoms with Gasteiger partial charge < -0.3 is 14.2 Å². The zero-order valence-corrected chi connectivity index (χ0v) is 18.9. The molecule has 1 N–H and O–H groups in total. The van der Waals surface area contributed by atoms with Crippen molar-refractivity contribution in [2.75, 3.05) is 7.11 Å². The highest BCUT2D eigenvalue weighted by molar-refractivity contribution is 5.78. The highest BCUT2D eigenvalue weighted by Crippen LogP contribution is 2.44. The summed E-state index contributed by atoms with van der Waals surface area (Å²) in [6.45, 7) is 5.59. The molecule has 3 aromatic rings. The van der Waals surface area contributed by atoms with Crippen molar-refractivity contribution in [2.45, 2.75) is 44.2 Å². The molecular weight excluding hydrogens is 402 g/mol. The fourth-order valence-corrected chi connectivity index (χ4v) is 4.03. The van der Waals surface area contributed by atoms with Crippen LogP contribution < -0.4 is 10.1 Å². The molecule has 0 bridgehead atoms. The Balaban J connectivity index is 1.84. The molecule has 5 heteroatoms. The maximum atomic E-state index is 13.4. The number of ether oxygens (including phenoxy) is 3. The number of methoxy groups -OCH3 is 1. The lowest BCUT2D eigenvalue weighted by Gasteiger charge is -2.31. The van der Waals surface area contributed by atoms with Gasteiger partial charge in [0.2, 0.25) is 0 Å². The second kappa shape index (κ2) is 8.77. The van der Waals surface area contributed by atoms with Gasteiger partial charge in [0, 0.05) is 11.1 Å². The molecule has 0 spiro atoms. The van der Waals surface area contributed by atoms with E-state index in [0.717, 1.165) is 16.7 Å². The van der Waals surface area contributed by atoms with Crippen molar-refractivity contribution >= 4 is 5.97 Å². The van der Waals surface area contributed by atoms with Crippen LogP contribution in [0.3, 0.4) is 0 Å².